The number of benzene rings is 2. The molecule has 3 aromatic rings. The molecule has 0 spiro atoms. The van der Waals surface area contributed by atoms with Gasteiger partial charge in [-0.25, -0.2) is 4.68 Å². The summed E-state index contributed by atoms with van der Waals surface area (Å²) in [5.41, 5.74) is 4.21. The Balaban J connectivity index is 1.87. The molecule has 0 fully saturated rings. The molecule has 0 bridgehead atoms. The first-order valence-corrected chi connectivity index (χ1v) is 11.4. The third-order valence-corrected chi connectivity index (χ3v) is 5.48. The minimum atomic E-state index is -0.250. The lowest BCUT2D eigenvalue weighted by Crippen LogP contribution is -2.39. The van der Waals surface area contributed by atoms with Gasteiger partial charge >= 0.3 is 0 Å². The van der Waals surface area contributed by atoms with E-state index in [9.17, 15) is 9.59 Å². The lowest BCUT2D eigenvalue weighted by Gasteiger charge is -2.22. The van der Waals surface area contributed by atoms with Gasteiger partial charge in [-0.2, -0.15) is 5.10 Å². The van der Waals surface area contributed by atoms with Crippen LogP contribution in [0.5, 0.6) is 0 Å². The number of aromatic nitrogens is 2. The fourth-order valence-corrected chi connectivity index (χ4v) is 3.65. The third-order valence-electron chi connectivity index (χ3n) is 5.48. The maximum atomic E-state index is 13.1. The van der Waals surface area contributed by atoms with Gasteiger partial charge in [-0.15, -0.1) is 0 Å². The van der Waals surface area contributed by atoms with Crippen LogP contribution in [0.15, 0.2) is 54.6 Å². The summed E-state index contributed by atoms with van der Waals surface area (Å²) in [5.74, 6) is 0.211. The monoisotopic (exact) mass is 446 g/mol. The second-order valence-electron chi connectivity index (χ2n) is 9.51. The van der Waals surface area contributed by atoms with Crippen LogP contribution >= 0.6 is 0 Å². The van der Waals surface area contributed by atoms with Crippen molar-refractivity contribution < 1.29 is 9.59 Å². The van der Waals surface area contributed by atoms with E-state index >= 15 is 0 Å². The standard InChI is InChI=1S/C27H34N4O2/c1-7-15-30(26(33)22-14-9-8-12-20(22)3)18-25(32)28-24-17-23(27(4,5)6)29-31(24)21-13-10-11-19(2)16-21/h8-14,16-17H,7,15,18H2,1-6H3,(H,28,32). The smallest absolute Gasteiger partial charge is 0.254 e. The lowest BCUT2D eigenvalue weighted by molar-refractivity contribution is -0.116. The molecule has 6 nitrogen and oxygen atoms in total. The number of nitrogens with one attached hydrogen (secondary N) is 1. The maximum absolute atomic E-state index is 13.1. The van der Waals surface area contributed by atoms with Crippen molar-refractivity contribution in [2.75, 3.05) is 18.4 Å². The van der Waals surface area contributed by atoms with E-state index in [0.29, 0.717) is 17.9 Å². The van der Waals surface area contributed by atoms with Crippen LogP contribution < -0.4 is 5.32 Å². The highest BCUT2D eigenvalue weighted by Crippen LogP contribution is 2.26. The number of carbonyl (C=O) groups is 2. The fourth-order valence-electron chi connectivity index (χ4n) is 3.65. The number of aryl methyl sites for hydroxylation is 2. The van der Waals surface area contributed by atoms with Crippen molar-refractivity contribution in [3.05, 3.63) is 77.0 Å². The average Bonchev–Trinajstić information content (AvgIpc) is 3.17. The largest absolute Gasteiger partial charge is 0.329 e. The first-order chi connectivity index (χ1) is 15.6. The molecular weight excluding hydrogens is 412 g/mol. The van der Waals surface area contributed by atoms with Gasteiger partial charge in [0.2, 0.25) is 5.91 Å². The lowest BCUT2D eigenvalue weighted by atomic mass is 9.92. The van der Waals surface area contributed by atoms with E-state index in [1.54, 1.807) is 15.6 Å². The van der Waals surface area contributed by atoms with Crippen LogP contribution in [0.2, 0.25) is 0 Å². The number of nitrogens with zero attached hydrogens (tertiary/aromatic N) is 3. The van der Waals surface area contributed by atoms with Crippen LogP contribution in [0.1, 0.15) is 61.3 Å². The summed E-state index contributed by atoms with van der Waals surface area (Å²) in [6, 6.07) is 17.4. The Morgan fingerprint density at radius 3 is 2.39 bits per heavy atom. The van der Waals surface area contributed by atoms with E-state index in [2.05, 4.69) is 26.1 Å². The molecule has 1 aromatic heterocycles. The van der Waals surface area contributed by atoms with Gasteiger partial charge in [-0.1, -0.05) is 58.0 Å². The van der Waals surface area contributed by atoms with Crippen LogP contribution in [0.25, 0.3) is 5.69 Å². The van der Waals surface area contributed by atoms with E-state index in [-0.39, 0.29) is 23.8 Å². The number of rotatable bonds is 7. The normalized spacial score (nSPS) is 11.3. The minimum absolute atomic E-state index is 0.0230. The Morgan fingerprint density at radius 2 is 1.76 bits per heavy atom. The van der Waals surface area contributed by atoms with Gasteiger partial charge in [-0.05, 0) is 49.6 Å². The van der Waals surface area contributed by atoms with Gasteiger partial charge < -0.3 is 10.2 Å². The van der Waals surface area contributed by atoms with Crippen molar-refractivity contribution in [3.63, 3.8) is 0 Å². The molecule has 0 saturated heterocycles. The number of anilines is 1. The van der Waals surface area contributed by atoms with Crippen molar-refractivity contribution in [1.82, 2.24) is 14.7 Å². The van der Waals surface area contributed by atoms with Crippen molar-refractivity contribution in [1.29, 1.82) is 0 Å². The predicted octanol–water partition coefficient (Wildman–Crippen LogP) is 5.28. The molecule has 1 heterocycles. The summed E-state index contributed by atoms with van der Waals surface area (Å²) in [5, 5.41) is 7.78. The SMILES string of the molecule is CCCN(CC(=O)Nc1cc(C(C)(C)C)nn1-c1cccc(C)c1)C(=O)c1ccccc1C. The number of carbonyl (C=O) groups excluding carboxylic acids is 2. The summed E-state index contributed by atoms with van der Waals surface area (Å²) in [7, 11) is 0. The van der Waals surface area contributed by atoms with Gasteiger partial charge in [0, 0.05) is 23.6 Å². The molecule has 0 aliphatic carbocycles. The number of hydrogen-bond donors (Lipinski definition) is 1. The van der Waals surface area contributed by atoms with Gasteiger partial charge in [0.25, 0.3) is 5.91 Å². The Bertz CT molecular complexity index is 1140. The van der Waals surface area contributed by atoms with Gasteiger partial charge in [-0.3, -0.25) is 9.59 Å². The molecule has 1 N–H and O–H groups in total. The van der Waals surface area contributed by atoms with Crippen LogP contribution in [0.4, 0.5) is 5.82 Å². The van der Waals surface area contributed by atoms with Gasteiger partial charge in [0.1, 0.15) is 12.4 Å². The molecule has 0 unspecified atom stereocenters. The molecule has 2 aromatic carbocycles. The van der Waals surface area contributed by atoms with Gasteiger partial charge in [0.05, 0.1) is 11.4 Å². The zero-order valence-electron chi connectivity index (χ0n) is 20.5. The highest BCUT2D eigenvalue weighted by molar-refractivity contribution is 6.00. The van der Waals surface area contributed by atoms with Crippen LogP contribution in [0.3, 0.4) is 0 Å². The number of amides is 2. The summed E-state index contributed by atoms with van der Waals surface area (Å²) in [6.07, 6.45) is 0.764. The van der Waals surface area contributed by atoms with Crippen molar-refractivity contribution in [3.8, 4) is 5.69 Å². The zero-order valence-corrected chi connectivity index (χ0v) is 20.5. The molecule has 33 heavy (non-hydrogen) atoms. The molecule has 0 aliphatic rings. The molecule has 2 amide bonds. The molecule has 0 radical (unpaired) electrons. The first kappa shape index (κ1) is 24.2. The molecular formula is C27H34N4O2. The van der Waals surface area contributed by atoms with Crippen LogP contribution in [0, 0.1) is 13.8 Å². The van der Waals surface area contributed by atoms with E-state index in [0.717, 1.165) is 28.9 Å². The summed E-state index contributed by atoms with van der Waals surface area (Å²) >= 11 is 0. The van der Waals surface area contributed by atoms with Gasteiger partial charge in [0.15, 0.2) is 0 Å². The molecule has 0 atom stereocenters. The highest BCUT2D eigenvalue weighted by atomic mass is 16.2. The predicted molar refractivity (Wildman–Crippen MR) is 133 cm³/mol. The Hall–Kier alpha value is -3.41. The Morgan fingerprint density at radius 1 is 1.03 bits per heavy atom. The van der Waals surface area contributed by atoms with E-state index in [4.69, 9.17) is 5.10 Å². The maximum Gasteiger partial charge on any atom is 0.254 e. The van der Waals surface area contributed by atoms with Crippen molar-refractivity contribution in [2.45, 2.75) is 53.4 Å². The van der Waals surface area contributed by atoms with Crippen molar-refractivity contribution in [2.24, 2.45) is 0 Å². The Kier molecular flexibility index (Phi) is 7.36. The molecule has 0 aliphatic heterocycles. The first-order valence-electron chi connectivity index (χ1n) is 11.4. The van der Waals surface area contributed by atoms with E-state index < -0.39 is 0 Å². The second-order valence-corrected chi connectivity index (χ2v) is 9.51. The van der Waals surface area contributed by atoms with E-state index in [1.165, 1.54) is 0 Å². The van der Waals surface area contributed by atoms with Crippen molar-refractivity contribution >= 4 is 17.6 Å². The third kappa shape index (κ3) is 5.89. The summed E-state index contributed by atoms with van der Waals surface area (Å²) in [4.78, 5) is 27.8. The average molecular weight is 447 g/mol. The molecule has 3 rings (SSSR count). The number of hydrogen-bond acceptors (Lipinski definition) is 3. The van der Waals surface area contributed by atoms with Crippen LogP contribution in [-0.4, -0.2) is 39.6 Å². The molecule has 174 valence electrons. The summed E-state index contributed by atoms with van der Waals surface area (Å²) < 4.78 is 1.76. The topological polar surface area (TPSA) is 67.2 Å². The summed E-state index contributed by atoms with van der Waals surface area (Å²) in [6.45, 7) is 12.7. The van der Waals surface area contributed by atoms with Crippen LogP contribution in [-0.2, 0) is 10.2 Å². The second kappa shape index (κ2) is 10.0. The zero-order chi connectivity index (χ0) is 24.2. The highest BCUT2D eigenvalue weighted by Gasteiger charge is 2.23. The van der Waals surface area contributed by atoms with E-state index in [1.807, 2.05) is 69.3 Å². The fraction of sp³-hybridized carbons (Fsp3) is 0.370. The molecule has 0 saturated carbocycles. The minimum Gasteiger partial charge on any atom is -0.329 e. The Labute approximate surface area is 196 Å². The quantitative estimate of drug-likeness (QED) is 0.537. The molecule has 6 heteroatoms.